The predicted molar refractivity (Wildman–Crippen MR) is 71.8 cm³/mol. The van der Waals surface area contributed by atoms with Gasteiger partial charge in [-0.15, -0.1) is 0 Å². The highest BCUT2D eigenvalue weighted by atomic mass is 32.1. The van der Waals surface area contributed by atoms with E-state index >= 15 is 0 Å². The molecule has 0 spiro atoms. The molecule has 11 heteroatoms. The maximum atomic E-state index is 11.6. The molecule has 0 radical (unpaired) electrons. The third-order valence-electron chi connectivity index (χ3n) is 2.35. The van der Waals surface area contributed by atoms with Crippen molar-refractivity contribution in [2.24, 2.45) is 5.73 Å². The second kappa shape index (κ2) is 9.15. The summed E-state index contributed by atoms with van der Waals surface area (Å²) in [5.74, 6) is -4.56. The highest BCUT2D eigenvalue weighted by Gasteiger charge is 2.25. The van der Waals surface area contributed by atoms with Crippen molar-refractivity contribution in [2.75, 3.05) is 12.3 Å². The normalized spacial score (nSPS) is 13.1. The Labute approximate surface area is 125 Å². The molecule has 0 aliphatic carbocycles. The van der Waals surface area contributed by atoms with Crippen molar-refractivity contribution in [1.82, 2.24) is 10.4 Å². The van der Waals surface area contributed by atoms with Crippen molar-refractivity contribution < 1.29 is 34.6 Å². The molecule has 0 aliphatic heterocycles. The maximum absolute atomic E-state index is 11.6. The van der Waals surface area contributed by atoms with E-state index in [1.807, 2.05) is 0 Å². The summed E-state index contributed by atoms with van der Waals surface area (Å²) in [6.45, 7) is -0.942. The maximum Gasteiger partial charge on any atom is 0.325 e. The highest BCUT2D eigenvalue weighted by Crippen LogP contribution is 1.99. The second-order valence-corrected chi connectivity index (χ2v) is 4.44. The molecule has 0 fully saturated rings. The zero-order valence-electron chi connectivity index (χ0n) is 10.9. The van der Waals surface area contributed by atoms with E-state index in [1.165, 1.54) is 0 Å². The zero-order chi connectivity index (χ0) is 16.6. The van der Waals surface area contributed by atoms with E-state index < -0.39 is 42.4 Å². The number of nitrogens with one attached hydrogen (secondary N) is 1. The summed E-state index contributed by atoms with van der Waals surface area (Å²) in [5, 5.41) is 28.4. The fourth-order valence-electron chi connectivity index (χ4n) is 1.25. The Bertz CT molecular complexity index is 417. The molecule has 0 aliphatic rings. The Kier molecular flexibility index (Phi) is 8.35. The van der Waals surface area contributed by atoms with E-state index in [0.29, 0.717) is 0 Å². The summed E-state index contributed by atoms with van der Waals surface area (Å²) in [6.07, 6.45) is -0.373. The summed E-state index contributed by atoms with van der Waals surface area (Å²) in [4.78, 5) is 44.0. The second-order valence-electron chi connectivity index (χ2n) is 4.08. The number of hydrogen-bond acceptors (Lipinski definition) is 7. The quantitative estimate of drug-likeness (QED) is 0.159. The Morgan fingerprint density at radius 1 is 1.24 bits per heavy atom. The SMILES string of the molecule is NC(CCC(=O)NC(CS)C(=O)N(O)CC(=O)O)C(=O)O. The fourth-order valence-corrected chi connectivity index (χ4v) is 1.50. The first-order valence-electron chi connectivity index (χ1n) is 5.79. The van der Waals surface area contributed by atoms with Crippen LogP contribution in [0.3, 0.4) is 0 Å². The zero-order valence-corrected chi connectivity index (χ0v) is 11.8. The van der Waals surface area contributed by atoms with Crippen LogP contribution < -0.4 is 11.1 Å². The van der Waals surface area contributed by atoms with Crippen molar-refractivity contribution in [3.05, 3.63) is 0 Å². The van der Waals surface area contributed by atoms with Crippen LogP contribution in [0.4, 0.5) is 0 Å². The van der Waals surface area contributed by atoms with Crippen LogP contribution in [0.2, 0.25) is 0 Å². The van der Waals surface area contributed by atoms with Gasteiger partial charge in [-0.2, -0.15) is 12.6 Å². The van der Waals surface area contributed by atoms with Gasteiger partial charge in [0.2, 0.25) is 5.91 Å². The lowest BCUT2D eigenvalue weighted by Crippen LogP contribution is -2.50. The third kappa shape index (κ3) is 7.48. The molecule has 21 heavy (non-hydrogen) atoms. The number of carboxylic acid groups (broad SMARTS) is 2. The van der Waals surface area contributed by atoms with Gasteiger partial charge in [0.05, 0.1) is 0 Å². The number of nitrogens with two attached hydrogens (primary N) is 1. The van der Waals surface area contributed by atoms with Gasteiger partial charge in [0.15, 0.2) is 0 Å². The molecule has 0 saturated carbocycles. The molecule has 2 amide bonds. The number of carbonyl (C=O) groups is 4. The van der Waals surface area contributed by atoms with E-state index in [1.54, 1.807) is 0 Å². The van der Waals surface area contributed by atoms with E-state index in [-0.39, 0.29) is 23.7 Å². The molecular formula is C10H17N3O7S. The van der Waals surface area contributed by atoms with Gasteiger partial charge >= 0.3 is 11.9 Å². The van der Waals surface area contributed by atoms with E-state index in [0.717, 1.165) is 0 Å². The van der Waals surface area contributed by atoms with Crippen molar-refractivity contribution >= 4 is 36.4 Å². The van der Waals surface area contributed by atoms with E-state index in [9.17, 15) is 24.4 Å². The topological polar surface area (TPSA) is 170 Å². The summed E-state index contributed by atoms with van der Waals surface area (Å²) < 4.78 is 0. The Balaban J connectivity index is 4.42. The summed E-state index contributed by atoms with van der Waals surface area (Å²) >= 11 is 3.82. The first kappa shape index (κ1) is 19.1. The molecule has 120 valence electrons. The number of rotatable bonds is 9. The van der Waals surface area contributed by atoms with Crippen molar-refractivity contribution in [3.8, 4) is 0 Å². The lowest BCUT2D eigenvalue weighted by atomic mass is 10.1. The molecule has 2 unspecified atom stereocenters. The molecule has 0 aromatic carbocycles. The molecule has 10 nitrogen and oxygen atoms in total. The van der Waals surface area contributed by atoms with Gasteiger partial charge in [-0.25, -0.2) is 5.06 Å². The summed E-state index contributed by atoms with van der Waals surface area (Å²) in [5.41, 5.74) is 5.22. The number of carbonyl (C=O) groups excluding carboxylic acids is 2. The third-order valence-corrected chi connectivity index (χ3v) is 2.72. The molecule has 0 rings (SSSR count). The van der Waals surface area contributed by atoms with Gasteiger partial charge in [-0.3, -0.25) is 24.4 Å². The van der Waals surface area contributed by atoms with E-state index in [2.05, 4.69) is 17.9 Å². The van der Waals surface area contributed by atoms with Crippen molar-refractivity contribution in [3.63, 3.8) is 0 Å². The first-order valence-corrected chi connectivity index (χ1v) is 6.43. The van der Waals surface area contributed by atoms with Crippen LogP contribution in [0.1, 0.15) is 12.8 Å². The van der Waals surface area contributed by atoms with Gasteiger partial charge in [0.1, 0.15) is 18.6 Å². The minimum Gasteiger partial charge on any atom is -0.480 e. The van der Waals surface area contributed by atoms with Gasteiger partial charge < -0.3 is 21.3 Å². The van der Waals surface area contributed by atoms with E-state index in [4.69, 9.17) is 15.9 Å². The smallest absolute Gasteiger partial charge is 0.325 e. The van der Waals surface area contributed by atoms with Crippen LogP contribution in [-0.4, -0.2) is 68.6 Å². The average molecular weight is 323 g/mol. The number of carboxylic acids is 2. The van der Waals surface area contributed by atoms with Crippen LogP contribution in [0.25, 0.3) is 0 Å². The molecule has 0 aromatic rings. The number of nitrogens with zero attached hydrogens (tertiary/aromatic N) is 1. The average Bonchev–Trinajstić information content (AvgIpc) is 2.40. The van der Waals surface area contributed by atoms with Crippen LogP contribution >= 0.6 is 12.6 Å². The molecule has 0 heterocycles. The Morgan fingerprint density at radius 2 is 1.81 bits per heavy atom. The van der Waals surface area contributed by atoms with Crippen LogP contribution in [0, 0.1) is 0 Å². The van der Waals surface area contributed by atoms with Crippen LogP contribution in [0.5, 0.6) is 0 Å². The van der Waals surface area contributed by atoms with Gasteiger partial charge in [0, 0.05) is 12.2 Å². The number of hydroxylamine groups is 2. The molecule has 0 bridgehead atoms. The van der Waals surface area contributed by atoms with Gasteiger partial charge in [0.25, 0.3) is 5.91 Å². The molecular weight excluding hydrogens is 306 g/mol. The standard InChI is InChI=1S/C10H17N3O7S/c11-5(10(18)19)1-2-7(14)12-6(4-21)9(17)13(20)3-8(15)16/h5-6,20-21H,1-4,11H2,(H,12,14)(H,15,16)(H,18,19). The first-order chi connectivity index (χ1) is 9.68. The van der Waals surface area contributed by atoms with Crippen molar-refractivity contribution in [2.45, 2.75) is 24.9 Å². The Hall–Kier alpha value is -1.85. The van der Waals surface area contributed by atoms with Gasteiger partial charge in [-0.1, -0.05) is 0 Å². The largest absolute Gasteiger partial charge is 0.480 e. The minimum absolute atomic E-state index is 0.0491. The van der Waals surface area contributed by atoms with Gasteiger partial charge in [-0.05, 0) is 6.42 Å². The van der Waals surface area contributed by atoms with Crippen LogP contribution in [0.15, 0.2) is 0 Å². The molecule has 0 saturated heterocycles. The fraction of sp³-hybridized carbons (Fsp3) is 0.600. The predicted octanol–water partition coefficient (Wildman–Crippen LogP) is -2.10. The molecule has 6 N–H and O–H groups in total. The number of aliphatic carboxylic acids is 2. The minimum atomic E-state index is -1.43. The number of thiol groups is 1. The lowest BCUT2D eigenvalue weighted by Gasteiger charge is -2.20. The Morgan fingerprint density at radius 3 is 2.24 bits per heavy atom. The molecule has 2 atom stereocenters. The molecule has 0 aromatic heterocycles. The highest BCUT2D eigenvalue weighted by molar-refractivity contribution is 7.80. The summed E-state index contributed by atoms with van der Waals surface area (Å²) in [7, 11) is 0. The van der Waals surface area contributed by atoms with Crippen molar-refractivity contribution in [1.29, 1.82) is 0 Å². The summed E-state index contributed by atoms with van der Waals surface area (Å²) in [6, 6.07) is -2.44. The lowest BCUT2D eigenvalue weighted by molar-refractivity contribution is -0.175. The van der Waals surface area contributed by atoms with Crippen LogP contribution in [-0.2, 0) is 19.2 Å². The number of amides is 2. The monoisotopic (exact) mass is 323 g/mol. The number of hydrogen-bond donors (Lipinski definition) is 6.